The molecular weight excluding hydrogens is 397 g/mol. The van der Waals surface area contributed by atoms with Crippen LogP contribution in [0.5, 0.6) is 5.88 Å². The van der Waals surface area contributed by atoms with E-state index in [0.29, 0.717) is 31.1 Å². The third kappa shape index (κ3) is 4.87. The molecule has 2 saturated heterocycles. The Labute approximate surface area is 173 Å². The van der Waals surface area contributed by atoms with Gasteiger partial charge in [0.2, 0.25) is 5.88 Å². The number of carbonyl (C=O) groups is 1. The van der Waals surface area contributed by atoms with Gasteiger partial charge >= 0.3 is 6.03 Å². The van der Waals surface area contributed by atoms with Crippen LogP contribution in [0.3, 0.4) is 0 Å². The number of hydrogen-bond donors (Lipinski definition) is 1. The molecule has 3 heterocycles. The minimum absolute atomic E-state index is 0.0290. The molecule has 0 radical (unpaired) electrons. The highest BCUT2D eigenvalue weighted by molar-refractivity contribution is 6.31. The summed E-state index contributed by atoms with van der Waals surface area (Å²) in [5.41, 5.74) is 0.452. The monoisotopic (exact) mass is 419 g/mol. The van der Waals surface area contributed by atoms with Crippen molar-refractivity contribution in [1.29, 1.82) is 0 Å². The maximum atomic E-state index is 13.3. The fourth-order valence-electron chi connectivity index (χ4n) is 3.65. The van der Waals surface area contributed by atoms with E-state index in [2.05, 4.69) is 20.2 Å². The standard InChI is InChI=1S/C20H23ClFN5O2/c21-16-10-14(4-5-17(16)22)25-20(28)27-9-6-15(12-27)29-19-11-18(23-13-24-19)26-7-2-1-3-8-26/h4-5,10-11,13,15H,1-3,6-9,12H2,(H,25,28). The van der Waals surface area contributed by atoms with Crippen molar-refractivity contribution in [3.05, 3.63) is 41.4 Å². The Bertz CT molecular complexity index is 878. The lowest BCUT2D eigenvalue weighted by molar-refractivity contribution is 0.189. The molecule has 1 aromatic heterocycles. The van der Waals surface area contributed by atoms with Gasteiger partial charge in [-0.1, -0.05) is 11.6 Å². The highest BCUT2D eigenvalue weighted by Gasteiger charge is 2.28. The van der Waals surface area contributed by atoms with Gasteiger partial charge in [0.15, 0.2) is 0 Å². The second-order valence-electron chi connectivity index (χ2n) is 7.30. The molecule has 1 aromatic carbocycles. The molecule has 1 N–H and O–H groups in total. The van der Waals surface area contributed by atoms with Gasteiger partial charge in [0.25, 0.3) is 0 Å². The molecule has 1 atom stereocenters. The van der Waals surface area contributed by atoms with Crippen molar-refractivity contribution in [2.45, 2.75) is 31.8 Å². The van der Waals surface area contributed by atoms with E-state index in [4.69, 9.17) is 16.3 Å². The van der Waals surface area contributed by atoms with Crippen LogP contribution < -0.4 is 15.0 Å². The molecule has 154 valence electrons. The van der Waals surface area contributed by atoms with Gasteiger partial charge in [-0.3, -0.25) is 0 Å². The summed E-state index contributed by atoms with van der Waals surface area (Å²) < 4.78 is 19.3. The summed E-state index contributed by atoms with van der Waals surface area (Å²) >= 11 is 5.76. The van der Waals surface area contributed by atoms with E-state index in [-0.39, 0.29) is 17.2 Å². The van der Waals surface area contributed by atoms with E-state index < -0.39 is 5.82 Å². The number of nitrogens with one attached hydrogen (secondary N) is 1. The zero-order valence-electron chi connectivity index (χ0n) is 16.0. The van der Waals surface area contributed by atoms with Crippen LogP contribution >= 0.6 is 11.6 Å². The number of piperidine rings is 1. The van der Waals surface area contributed by atoms with Crippen molar-refractivity contribution < 1.29 is 13.9 Å². The van der Waals surface area contributed by atoms with Crippen LogP contribution in [0.4, 0.5) is 20.7 Å². The number of ether oxygens (including phenoxy) is 1. The second kappa shape index (κ2) is 8.82. The number of nitrogens with zero attached hydrogens (tertiary/aromatic N) is 4. The minimum atomic E-state index is -0.520. The first kappa shape index (κ1) is 19.7. The summed E-state index contributed by atoms with van der Waals surface area (Å²) in [6.07, 6.45) is 5.70. The molecule has 2 aliphatic rings. The third-order valence-electron chi connectivity index (χ3n) is 5.20. The van der Waals surface area contributed by atoms with E-state index in [9.17, 15) is 9.18 Å². The second-order valence-corrected chi connectivity index (χ2v) is 7.70. The molecule has 7 nitrogen and oxygen atoms in total. The first-order valence-electron chi connectivity index (χ1n) is 9.83. The molecule has 4 rings (SSSR count). The summed E-state index contributed by atoms with van der Waals surface area (Å²) in [5, 5.41) is 2.71. The summed E-state index contributed by atoms with van der Waals surface area (Å²) in [6.45, 7) is 3.02. The molecule has 0 aliphatic carbocycles. The summed E-state index contributed by atoms with van der Waals surface area (Å²) in [4.78, 5) is 25.0. The summed E-state index contributed by atoms with van der Waals surface area (Å²) in [6, 6.07) is 5.70. The fourth-order valence-corrected chi connectivity index (χ4v) is 3.83. The molecule has 9 heteroatoms. The Hall–Kier alpha value is -2.61. The van der Waals surface area contributed by atoms with E-state index in [1.54, 1.807) is 4.90 Å². The molecular formula is C20H23ClFN5O2. The van der Waals surface area contributed by atoms with Crippen molar-refractivity contribution in [2.24, 2.45) is 0 Å². The number of urea groups is 1. The van der Waals surface area contributed by atoms with Crippen LogP contribution in [0, 0.1) is 5.82 Å². The van der Waals surface area contributed by atoms with Crippen molar-refractivity contribution in [1.82, 2.24) is 14.9 Å². The Morgan fingerprint density at radius 2 is 2.00 bits per heavy atom. The van der Waals surface area contributed by atoms with E-state index in [1.807, 2.05) is 6.07 Å². The average Bonchev–Trinajstić information content (AvgIpc) is 3.20. The van der Waals surface area contributed by atoms with E-state index >= 15 is 0 Å². The smallest absolute Gasteiger partial charge is 0.321 e. The maximum absolute atomic E-state index is 13.3. The molecule has 0 spiro atoms. The van der Waals surface area contributed by atoms with Crippen molar-refractivity contribution >= 4 is 29.1 Å². The predicted molar refractivity (Wildman–Crippen MR) is 109 cm³/mol. The largest absolute Gasteiger partial charge is 0.472 e. The van der Waals surface area contributed by atoms with Crippen LogP contribution in [0.25, 0.3) is 0 Å². The number of halogens is 2. The molecule has 1 unspecified atom stereocenters. The van der Waals surface area contributed by atoms with Crippen molar-refractivity contribution in [3.63, 3.8) is 0 Å². The zero-order valence-corrected chi connectivity index (χ0v) is 16.7. The van der Waals surface area contributed by atoms with Gasteiger partial charge in [-0.05, 0) is 37.5 Å². The van der Waals surface area contributed by atoms with Gasteiger partial charge in [0.1, 0.15) is 24.1 Å². The van der Waals surface area contributed by atoms with Crippen LogP contribution in [0.2, 0.25) is 5.02 Å². The first-order valence-corrected chi connectivity index (χ1v) is 10.2. The maximum Gasteiger partial charge on any atom is 0.321 e. The lowest BCUT2D eigenvalue weighted by Crippen LogP contribution is -2.34. The molecule has 29 heavy (non-hydrogen) atoms. The van der Waals surface area contributed by atoms with Gasteiger partial charge in [0, 0.05) is 37.8 Å². The highest BCUT2D eigenvalue weighted by Crippen LogP contribution is 2.24. The number of rotatable bonds is 4. The Balaban J connectivity index is 1.32. The highest BCUT2D eigenvalue weighted by atomic mass is 35.5. The SMILES string of the molecule is O=C(Nc1ccc(F)c(Cl)c1)N1CCC(Oc2cc(N3CCCCC3)ncn2)C1. The number of amides is 2. The van der Waals surface area contributed by atoms with Gasteiger partial charge in [-0.25, -0.2) is 19.2 Å². The normalized spacial score (nSPS) is 19.3. The number of benzene rings is 1. The van der Waals surface area contributed by atoms with Gasteiger partial charge in [0.05, 0.1) is 11.6 Å². The van der Waals surface area contributed by atoms with Gasteiger partial charge < -0.3 is 19.9 Å². The van der Waals surface area contributed by atoms with Crippen LogP contribution in [0.15, 0.2) is 30.6 Å². The average molecular weight is 420 g/mol. The van der Waals surface area contributed by atoms with Crippen LogP contribution in [-0.2, 0) is 0 Å². The number of hydrogen-bond acceptors (Lipinski definition) is 5. The molecule has 0 bridgehead atoms. The number of carbonyl (C=O) groups excluding carboxylic acids is 1. The van der Waals surface area contributed by atoms with Crippen LogP contribution in [-0.4, -0.2) is 53.2 Å². The van der Waals surface area contributed by atoms with Crippen molar-refractivity contribution in [2.75, 3.05) is 36.4 Å². The topological polar surface area (TPSA) is 70.6 Å². The fraction of sp³-hybridized carbons (Fsp3) is 0.450. The summed E-state index contributed by atoms with van der Waals surface area (Å²) in [5.74, 6) is 0.890. The Morgan fingerprint density at radius 1 is 1.17 bits per heavy atom. The predicted octanol–water partition coefficient (Wildman–Crippen LogP) is 3.94. The minimum Gasteiger partial charge on any atom is -0.472 e. The third-order valence-corrected chi connectivity index (χ3v) is 5.49. The number of aromatic nitrogens is 2. The lowest BCUT2D eigenvalue weighted by Gasteiger charge is -2.27. The van der Waals surface area contributed by atoms with E-state index in [0.717, 1.165) is 18.9 Å². The lowest BCUT2D eigenvalue weighted by atomic mass is 10.1. The first-order chi connectivity index (χ1) is 14.1. The van der Waals surface area contributed by atoms with Gasteiger partial charge in [-0.2, -0.15) is 0 Å². The molecule has 2 fully saturated rings. The van der Waals surface area contributed by atoms with E-state index in [1.165, 1.54) is 43.8 Å². The Kier molecular flexibility index (Phi) is 5.99. The molecule has 2 amide bonds. The number of anilines is 2. The van der Waals surface area contributed by atoms with Gasteiger partial charge in [-0.15, -0.1) is 0 Å². The number of likely N-dealkylation sites (tertiary alicyclic amines) is 1. The quantitative estimate of drug-likeness (QED) is 0.812. The van der Waals surface area contributed by atoms with Crippen molar-refractivity contribution in [3.8, 4) is 5.88 Å². The molecule has 0 saturated carbocycles. The molecule has 2 aliphatic heterocycles. The van der Waals surface area contributed by atoms with Crippen LogP contribution in [0.1, 0.15) is 25.7 Å². The summed E-state index contributed by atoms with van der Waals surface area (Å²) in [7, 11) is 0. The molecule has 2 aromatic rings. The zero-order chi connectivity index (χ0) is 20.2. The Morgan fingerprint density at radius 3 is 2.79 bits per heavy atom.